The fourth-order valence-corrected chi connectivity index (χ4v) is 1.28. The Kier molecular flexibility index (Phi) is 8.90. The average Bonchev–Trinajstić information content (AvgIpc) is 2.16. The quantitative estimate of drug-likeness (QED) is 0.618. The maximum absolute atomic E-state index is 5.57. The monoisotopic (exact) mass is 231 g/mol. The van der Waals surface area contributed by atoms with Crippen molar-refractivity contribution < 1.29 is 9.47 Å². The summed E-state index contributed by atoms with van der Waals surface area (Å²) in [6.07, 6.45) is 1.19. The minimum absolute atomic E-state index is 0.0579. The molecule has 1 unspecified atom stereocenters. The minimum atomic E-state index is -0.0579. The van der Waals surface area contributed by atoms with Gasteiger partial charge in [-0.15, -0.1) is 0 Å². The van der Waals surface area contributed by atoms with Crippen LogP contribution >= 0.6 is 0 Å². The first kappa shape index (κ1) is 15.9. The third-order valence-corrected chi connectivity index (χ3v) is 2.08. The molecule has 0 aromatic rings. The Morgan fingerprint density at radius 1 is 1.19 bits per heavy atom. The summed E-state index contributed by atoms with van der Waals surface area (Å²) in [5.74, 6) is 0.571. The zero-order valence-corrected chi connectivity index (χ0v) is 11.6. The lowest BCUT2D eigenvalue weighted by molar-refractivity contribution is -0.0384. The van der Waals surface area contributed by atoms with E-state index in [0.717, 1.165) is 19.7 Å². The van der Waals surface area contributed by atoms with Gasteiger partial charge in [-0.25, -0.2) is 0 Å². The normalized spacial score (nSPS) is 14.1. The van der Waals surface area contributed by atoms with E-state index in [9.17, 15) is 0 Å². The summed E-state index contributed by atoms with van der Waals surface area (Å²) in [5.41, 5.74) is -0.0579. The van der Waals surface area contributed by atoms with Crippen molar-refractivity contribution >= 4 is 0 Å². The molecular formula is C13H29NO2. The van der Waals surface area contributed by atoms with Crippen molar-refractivity contribution in [2.24, 2.45) is 5.92 Å². The molecule has 0 aromatic carbocycles. The summed E-state index contributed by atoms with van der Waals surface area (Å²) in [5, 5.41) is 3.39. The average molecular weight is 231 g/mol. The first-order valence-corrected chi connectivity index (χ1v) is 6.38. The van der Waals surface area contributed by atoms with E-state index in [1.54, 1.807) is 0 Å². The van der Waals surface area contributed by atoms with Gasteiger partial charge in [-0.05, 0) is 46.2 Å². The lowest BCUT2D eigenvalue weighted by Gasteiger charge is -2.20. The maximum Gasteiger partial charge on any atom is 0.0707 e. The second-order valence-corrected chi connectivity index (χ2v) is 5.35. The number of hydrogen-bond acceptors (Lipinski definition) is 3. The molecule has 98 valence electrons. The molecule has 0 fully saturated rings. The van der Waals surface area contributed by atoms with Gasteiger partial charge in [0, 0.05) is 0 Å². The molecule has 0 saturated carbocycles. The fraction of sp³-hybridized carbons (Fsp3) is 1.00. The molecule has 0 aliphatic carbocycles. The molecule has 0 aliphatic rings. The van der Waals surface area contributed by atoms with Crippen molar-refractivity contribution in [1.82, 2.24) is 5.32 Å². The van der Waals surface area contributed by atoms with Crippen LogP contribution in [0.1, 0.15) is 41.0 Å². The van der Waals surface area contributed by atoms with E-state index < -0.39 is 0 Å². The van der Waals surface area contributed by atoms with Crippen LogP contribution in [0.15, 0.2) is 0 Å². The number of nitrogens with one attached hydrogen (secondary N) is 1. The summed E-state index contributed by atoms with van der Waals surface area (Å²) in [6.45, 7) is 14.9. The molecule has 0 bridgehead atoms. The highest BCUT2D eigenvalue weighted by atomic mass is 16.5. The van der Waals surface area contributed by atoms with Crippen LogP contribution in [0.2, 0.25) is 0 Å². The van der Waals surface area contributed by atoms with Crippen molar-refractivity contribution in [1.29, 1.82) is 0 Å². The highest BCUT2D eigenvalue weighted by Crippen LogP contribution is 2.05. The molecule has 3 nitrogen and oxygen atoms in total. The highest BCUT2D eigenvalue weighted by Gasteiger charge is 2.09. The Balaban J connectivity index is 3.24. The zero-order valence-electron chi connectivity index (χ0n) is 11.6. The van der Waals surface area contributed by atoms with Crippen LogP contribution in [-0.2, 0) is 9.47 Å². The smallest absolute Gasteiger partial charge is 0.0707 e. The number of hydrogen-bond donors (Lipinski definition) is 1. The van der Waals surface area contributed by atoms with Crippen LogP contribution < -0.4 is 5.32 Å². The van der Waals surface area contributed by atoms with E-state index in [1.807, 2.05) is 0 Å². The second kappa shape index (κ2) is 8.97. The Morgan fingerprint density at radius 3 is 2.44 bits per heavy atom. The van der Waals surface area contributed by atoms with Crippen molar-refractivity contribution in [3.63, 3.8) is 0 Å². The minimum Gasteiger partial charge on any atom is -0.379 e. The largest absolute Gasteiger partial charge is 0.379 e. The van der Waals surface area contributed by atoms with E-state index in [4.69, 9.17) is 9.47 Å². The summed E-state index contributed by atoms with van der Waals surface area (Å²) in [7, 11) is 0. The van der Waals surface area contributed by atoms with E-state index in [0.29, 0.717) is 19.1 Å². The van der Waals surface area contributed by atoms with Gasteiger partial charge in [0.25, 0.3) is 0 Å². The molecule has 16 heavy (non-hydrogen) atoms. The number of ether oxygens (including phenoxy) is 2. The first-order valence-electron chi connectivity index (χ1n) is 6.38. The Labute approximate surface area is 101 Å². The van der Waals surface area contributed by atoms with Crippen LogP contribution in [0.3, 0.4) is 0 Å². The molecule has 0 aliphatic heterocycles. The Bertz CT molecular complexity index is 155. The molecule has 0 saturated heterocycles. The summed E-state index contributed by atoms with van der Waals surface area (Å²) < 4.78 is 11.1. The van der Waals surface area contributed by atoms with Gasteiger partial charge in [0.05, 0.1) is 25.4 Å². The third-order valence-electron chi connectivity index (χ3n) is 2.08. The van der Waals surface area contributed by atoms with Crippen LogP contribution in [0.25, 0.3) is 0 Å². The molecule has 1 atom stereocenters. The predicted octanol–water partition coefficient (Wildman–Crippen LogP) is 2.45. The molecule has 0 heterocycles. The zero-order chi connectivity index (χ0) is 12.4. The van der Waals surface area contributed by atoms with Gasteiger partial charge in [0.1, 0.15) is 0 Å². The van der Waals surface area contributed by atoms with E-state index >= 15 is 0 Å². The Hall–Kier alpha value is -0.120. The van der Waals surface area contributed by atoms with Crippen LogP contribution in [-0.4, -0.2) is 38.5 Å². The van der Waals surface area contributed by atoms with Gasteiger partial charge in [-0.1, -0.05) is 13.8 Å². The summed E-state index contributed by atoms with van der Waals surface area (Å²) >= 11 is 0. The lowest BCUT2D eigenvalue weighted by atomic mass is 10.2. The van der Waals surface area contributed by atoms with Crippen molar-refractivity contribution in [3.8, 4) is 0 Å². The van der Waals surface area contributed by atoms with Gasteiger partial charge in [-0.3, -0.25) is 0 Å². The topological polar surface area (TPSA) is 30.5 Å². The van der Waals surface area contributed by atoms with Gasteiger partial charge in [-0.2, -0.15) is 0 Å². The Morgan fingerprint density at radius 2 is 1.88 bits per heavy atom. The summed E-state index contributed by atoms with van der Waals surface area (Å²) in [4.78, 5) is 0. The molecule has 0 radical (unpaired) electrons. The SMILES string of the molecule is CCCNCC(C)COCCOC(C)(C)C. The van der Waals surface area contributed by atoms with Gasteiger partial charge in [0.15, 0.2) is 0 Å². The molecule has 0 spiro atoms. The highest BCUT2D eigenvalue weighted by molar-refractivity contribution is 4.58. The van der Waals surface area contributed by atoms with E-state index in [2.05, 4.69) is 39.9 Å². The second-order valence-electron chi connectivity index (χ2n) is 5.35. The van der Waals surface area contributed by atoms with Gasteiger partial charge in [0.2, 0.25) is 0 Å². The standard InChI is InChI=1S/C13H29NO2/c1-6-7-14-10-12(2)11-15-8-9-16-13(3,4)5/h12,14H,6-11H2,1-5H3. The molecule has 3 heteroatoms. The van der Waals surface area contributed by atoms with E-state index in [-0.39, 0.29) is 5.60 Å². The van der Waals surface area contributed by atoms with Crippen molar-refractivity contribution in [3.05, 3.63) is 0 Å². The fourth-order valence-electron chi connectivity index (χ4n) is 1.28. The van der Waals surface area contributed by atoms with E-state index in [1.165, 1.54) is 6.42 Å². The molecule has 0 rings (SSSR count). The van der Waals surface area contributed by atoms with Crippen LogP contribution in [0, 0.1) is 5.92 Å². The molecule has 1 N–H and O–H groups in total. The maximum atomic E-state index is 5.57. The number of rotatable bonds is 9. The van der Waals surface area contributed by atoms with Crippen LogP contribution in [0.4, 0.5) is 0 Å². The van der Waals surface area contributed by atoms with Crippen molar-refractivity contribution in [2.45, 2.75) is 46.6 Å². The predicted molar refractivity (Wildman–Crippen MR) is 68.8 cm³/mol. The third kappa shape index (κ3) is 12.0. The molecule has 0 aromatic heterocycles. The van der Waals surface area contributed by atoms with Gasteiger partial charge >= 0.3 is 0 Å². The van der Waals surface area contributed by atoms with Crippen molar-refractivity contribution in [2.75, 3.05) is 32.9 Å². The van der Waals surface area contributed by atoms with Gasteiger partial charge < -0.3 is 14.8 Å². The molecule has 0 amide bonds. The lowest BCUT2D eigenvalue weighted by Crippen LogP contribution is -2.26. The first-order chi connectivity index (χ1) is 7.45. The molecular weight excluding hydrogens is 202 g/mol. The summed E-state index contributed by atoms with van der Waals surface area (Å²) in [6, 6.07) is 0. The van der Waals surface area contributed by atoms with Crippen LogP contribution in [0.5, 0.6) is 0 Å².